The van der Waals surface area contributed by atoms with Crippen LogP contribution in [0.3, 0.4) is 0 Å². The van der Waals surface area contributed by atoms with Gasteiger partial charge < -0.3 is 0 Å². The maximum atomic E-state index is 12.1. The molecule has 6 nitrogen and oxygen atoms in total. The minimum absolute atomic E-state index is 0.0180. The van der Waals surface area contributed by atoms with Gasteiger partial charge in [-0.25, -0.2) is 18.2 Å². The van der Waals surface area contributed by atoms with Crippen LogP contribution in [-0.4, -0.2) is 39.6 Å². The van der Waals surface area contributed by atoms with E-state index in [9.17, 15) is 13.2 Å². The van der Waals surface area contributed by atoms with Gasteiger partial charge in [0.05, 0.1) is 17.6 Å². The first-order valence-electron chi connectivity index (χ1n) is 5.99. The molecule has 0 unspecified atom stereocenters. The molecule has 1 N–H and O–H groups in total. The van der Waals surface area contributed by atoms with Crippen molar-refractivity contribution in [2.45, 2.75) is 23.8 Å². The summed E-state index contributed by atoms with van der Waals surface area (Å²) >= 11 is 3.24. The molecule has 1 aromatic carbocycles. The molecule has 2 rings (SSSR count). The van der Waals surface area contributed by atoms with Crippen LogP contribution in [0.15, 0.2) is 27.6 Å². The number of nitrogens with zero attached hydrogens (tertiary/aromatic N) is 1. The highest BCUT2D eigenvalue weighted by molar-refractivity contribution is 9.10. The number of carbonyl (C=O) groups excluding carboxylic acids is 1. The van der Waals surface area contributed by atoms with Crippen LogP contribution in [0.4, 0.5) is 0 Å². The molecule has 0 saturated heterocycles. The quantitative estimate of drug-likeness (QED) is 0.805. The maximum Gasteiger partial charge on any atom is 0.278 e. The molecule has 20 heavy (non-hydrogen) atoms. The van der Waals surface area contributed by atoms with Gasteiger partial charge in [-0.3, -0.25) is 9.63 Å². The van der Waals surface area contributed by atoms with Crippen molar-refractivity contribution in [3.05, 3.63) is 28.2 Å². The second kappa shape index (κ2) is 5.80. The Morgan fingerprint density at radius 2 is 2.10 bits per heavy atom. The van der Waals surface area contributed by atoms with Crippen LogP contribution in [0, 0.1) is 0 Å². The van der Waals surface area contributed by atoms with E-state index in [1.54, 1.807) is 0 Å². The number of carbonyl (C=O) groups is 1. The SMILES string of the molecule is CON(C)C(=O)c1cc(S(=O)(=O)NC2CC2)ccc1Br. The van der Waals surface area contributed by atoms with Crippen LogP contribution < -0.4 is 4.72 Å². The lowest BCUT2D eigenvalue weighted by Gasteiger charge is -2.15. The summed E-state index contributed by atoms with van der Waals surface area (Å²) in [5, 5.41) is 1.03. The number of sulfonamides is 1. The Balaban J connectivity index is 2.35. The zero-order valence-electron chi connectivity index (χ0n) is 11.1. The lowest BCUT2D eigenvalue weighted by molar-refractivity contribution is -0.0757. The molecule has 1 saturated carbocycles. The zero-order chi connectivity index (χ0) is 14.9. The van der Waals surface area contributed by atoms with Gasteiger partial charge in [-0.2, -0.15) is 0 Å². The highest BCUT2D eigenvalue weighted by Gasteiger charge is 2.29. The number of rotatable bonds is 5. The average Bonchev–Trinajstić information content (AvgIpc) is 3.20. The van der Waals surface area contributed by atoms with Gasteiger partial charge in [0.2, 0.25) is 10.0 Å². The molecule has 0 bridgehead atoms. The van der Waals surface area contributed by atoms with Crippen LogP contribution in [-0.2, 0) is 14.9 Å². The summed E-state index contributed by atoms with van der Waals surface area (Å²) < 4.78 is 27.3. The number of halogens is 1. The van der Waals surface area contributed by atoms with Crippen molar-refractivity contribution in [2.24, 2.45) is 0 Å². The molecule has 1 aromatic rings. The van der Waals surface area contributed by atoms with E-state index in [2.05, 4.69) is 20.7 Å². The van der Waals surface area contributed by atoms with E-state index in [4.69, 9.17) is 4.84 Å². The molecule has 8 heteroatoms. The fraction of sp³-hybridized carbons (Fsp3) is 0.417. The minimum atomic E-state index is -3.58. The lowest BCUT2D eigenvalue weighted by Crippen LogP contribution is -2.28. The highest BCUT2D eigenvalue weighted by Crippen LogP contribution is 2.25. The summed E-state index contributed by atoms with van der Waals surface area (Å²) in [6.07, 6.45) is 1.71. The Morgan fingerprint density at radius 3 is 2.65 bits per heavy atom. The van der Waals surface area contributed by atoms with Crippen LogP contribution >= 0.6 is 15.9 Å². The summed E-state index contributed by atoms with van der Waals surface area (Å²) in [6.45, 7) is 0. The normalized spacial score (nSPS) is 15.2. The number of amides is 1. The van der Waals surface area contributed by atoms with Crippen molar-refractivity contribution in [2.75, 3.05) is 14.2 Å². The van der Waals surface area contributed by atoms with Crippen LogP contribution in [0.25, 0.3) is 0 Å². The van der Waals surface area contributed by atoms with Crippen molar-refractivity contribution < 1.29 is 18.0 Å². The predicted octanol–water partition coefficient (Wildman–Crippen LogP) is 1.52. The number of hydroxylamine groups is 2. The van der Waals surface area contributed by atoms with E-state index < -0.39 is 15.9 Å². The molecule has 0 spiro atoms. The molecule has 1 amide bonds. The summed E-state index contributed by atoms with van der Waals surface area (Å²) in [6, 6.07) is 4.35. The van der Waals surface area contributed by atoms with Crippen LogP contribution in [0.5, 0.6) is 0 Å². The van der Waals surface area contributed by atoms with Gasteiger partial charge in [-0.15, -0.1) is 0 Å². The van der Waals surface area contributed by atoms with E-state index in [1.165, 1.54) is 32.4 Å². The summed E-state index contributed by atoms with van der Waals surface area (Å²) in [5.41, 5.74) is 0.230. The average molecular weight is 363 g/mol. The van der Waals surface area contributed by atoms with Gasteiger partial charge in [0.1, 0.15) is 0 Å². The molecule has 110 valence electrons. The topological polar surface area (TPSA) is 75.7 Å². The zero-order valence-corrected chi connectivity index (χ0v) is 13.5. The van der Waals surface area contributed by atoms with E-state index in [0.717, 1.165) is 17.9 Å². The number of nitrogens with one attached hydrogen (secondary N) is 1. The predicted molar refractivity (Wildman–Crippen MR) is 76.6 cm³/mol. The number of benzene rings is 1. The molecule has 1 fully saturated rings. The van der Waals surface area contributed by atoms with E-state index in [0.29, 0.717) is 4.47 Å². The monoisotopic (exact) mass is 362 g/mol. The fourth-order valence-electron chi connectivity index (χ4n) is 1.58. The molecule has 1 aliphatic rings. The lowest BCUT2D eigenvalue weighted by atomic mass is 10.2. The molecular formula is C12H15BrN2O4S. The van der Waals surface area contributed by atoms with Gasteiger partial charge in [0.25, 0.3) is 5.91 Å². The Labute approximate surface area is 126 Å². The molecule has 0 aliphatic heterocycles. The van der Waals surface area contributed by atoms with E-state index in [-0.39, 0.29) is 16.5 Å². The second-order valence-electron chi connectivity index (χ2n) is 4.52. The van der Waals surface area contributed by atoms with Crippen molar-refractivity contribution in [3.63, 3.8) is 0 Å². The third-order valence-corrected chi connectivity index (χ3v) is 5.15. The summed E-state index contributed by atoms with van der Waals surface area (Å²) in [7, 11) is -0.766. The van der Waals surface area contributed by atoms with Crippen molar-refractivity contribution in [1.29, 1.82) is 0 Å². The van der Waals surface area contributed by atoms with E-state index >= 15 is 0 Å². The van der Waals surface area contributed by atoms with Crippen molar-refractivity contribution >= 4 is 31.9 Å². The summed E-state index contributed by atoms with van der Waals surface area (Å²) in [5.74, 6) is -0.428. The Morgan fingerprint density at radius 1 is 1.45 bits per heavy atom. The first kappa shape index (κ1) is 15.4. The Hall–Kier alpha value is -0.960. The number of hydrogen-bond donors (Lipinski definition) is 1. The van der Waals surface area contributed by atoms with Gasteiger partial charge in [-0.05, 0) is 47.0 Å². The summed E-state index contributed by atoms with van der Waals surface area (Å²) in [4.78, 5) is 17.0. The smallest absolute Gasteiger partial charge is 0.274 e. The maximum absolute atomic E-state index is 12.1. The standard InChI is InChI=1S/C12H15BrN2O4S/c1-15(19-2)12(16)10-7-9(5-6-11(10)13)20(17,18)14-8-3-4-8/h5-8,14H,3-4H2,1-2H3. The van der Waals surface area contributed by atoms with Crippen molar-refractivity contribution in [3.8, 4) is 0 Å². The molecule has 1 aliphatic carbocycles. The van der Waals surface area contributed by atoms with Crippen LogP contribution in [0.2, 0.25) is 0 Å². The fourth-order valence-corrected chi connectivity index (χ4v) is 3.32. The third kappa shape index (κ3) is 3.38. The molecule has 0 atom stereocenters. The highest BCUT2D eigenvalue weighted by atomic mass is 79.9. The van der Waals surface area contributed by atoms with E-state index in [1.807, 2.05) is 0 Å². The molecule has 0 heterocycles. The Kier molecular flexibility index (Phi) is 4.48. The molecule has 0 radical (unpaired) electrons. The first-order valence-corrected chi connectivity index (χ1v) is 8.27. The number of hydrogen-bond acceptors (Lipinski definition) is 4. The van der Waals surface area contributed by atoms with Gasteiger partial charge in [-0.1, -0.05) is 0 Å². The largest absolute Gasteiger partial charge is 0.278 e. The minimum Gasteiger partial charge on any atom is -0.274 e. The van der Waals surface area contributed by atoms with Gasteiger partial charge in [0.15, 0.2) is 0 Å². The van der Waals surface area contributed by atoms with Gasteiger partial charge >= 0.3 is 0 Å². The first-order chi connectivity index (χ1) is 9.35. The van der Waals surface area contributed by atoms with Gasteiger partial charge in [0, 0.05) is 17.6 Å². The van der Waals surface area contributed by atoms with Crippen LogP contribution in [0.1, 0.15) is 23.2 Å². The second-order valence-corrected chi connectivity index (χ2v) is 7.09. The molecular weight excluding hydrogens is 348 g/mol. The third-order valence-electron chi connectivity index (χ3n) is 2.94. The van der Waals surface area contributed by atoms with Crippen molar-refractivity contribution in [1.82, 2.24) is 9.79 Å². The molecule has 0 aromatic heterocycles. The Bertz CT molecular complexity index is 628.